The van der Waals surface area contributed by atoms with Gasteiger partial charge in [0.05, 0.1) is 18.4 Å². The van der Waals surface area contributed by atoms with E-state index in [0.29, 0.717) is 50.7 Å². The predicted octanol–water partition coefficient (Wildman–Crippen LogP) is 2.01. The van der Waals surface area contributed by atoms with E-state index in [2.05, 4.69) is 20.0 Å². The number of carbonyl (C=O) groups excluding carboxylic acids is 3. The number of nitrogens with zero attached hydrogens (tertiary/aromatic N) is 6. The molecular weight excluding hydrogens is 494 g/mol. The molecule has 1 aromatic heterocycles. The molecule has 3 aliphatic heterocycles. The lowest BCUT2D eigenvalue weighted by molar-refractivity contribution is -0.140. The molecule has 6 rings (SSSR count). The molecule has 3 aliphatic rings. The number of rotatable bonds is 5. The average molecular weight is 530 g/mol. The van der Waals surface area contributed by atoms with Crippen molar-refractivity contribution in [1.29, 1.82) is 0 Å². The highest BCUT2D eigenvalue weighted by Gasteiger charge is 2.54. The molecule has 2 aromatic carbocycles. The van der Waals surface area contributed by atoms with Crippen molar-refractivity contribution in [3.8, 4) is 0 Å². The van der Waals surface area contributed by atoms with Crippen molar-refractivity contribution in [2.45, 2.75) is 30.8 Å². The van der Waals surface area contributed by atoms with E-state index >= 15 is 0 Å². The lowest BCUT2D eigenvalue weighted by Crippen LogP contribution is -2.57. The molecule has 0 saturated carbocycles. The van der Waals surface area contributed by atoms with Crippen LogP contribution in [0.3, 0.4) is 0 Å². The van der Waals surface area contributed by atoms with Gasteiger partial charge in [-0.2, -0.15) is 5.10 Å². The summed E-state index contributed by atoms with van der Waals surface area (Å²) in [5.41, 5.74) is 1.69. The first-order valence-electron chi connectivity index (χ1n) is 13.6. The first kappa shape index (κ1) is 25.4. The van der Waals surface area contributed by atoms with E-state index in [0.717, 1.165) is 29.6 Å². The zero-order chi connectivity index (χ0) is 27.1. The molecule has 1 N–H and O–H groups in total. The molecule has 39 heavy (non-hydrogen) atoms. The van der Waals surface area contributed by atoms with Crippen molar-refractivity contribution in [1.82, 2.24) is 29.8 Å². The van der Waals surface area contributed by atoms with Crippen molar-refractivity contribution in [2.24, 2.45) is 0 Å². The molecule has 4 heterocycles. The lowest BCUT2D eigenvalue weighted by atomic mass is 9.85. The summed E-state index contributed by atoms with van der Waals surface area (Å²) in [5, 5.41) is 7.85. The molecule has 10 nitrogen and oxygen atoms in total. The summed E-state index contributed by atoms with van der Waals surface area (Å²) < 4.78 is 0. The van der Waals surface area contributed by atoms with Gasteiger partial charge in [0.15, 0.2) is 0 Å². The minimum atomic E-state index is -0.774. The molecule has 204 valence electrons. The van der Waals surface area contributed by atoms with E-state index in [9.17, 15) is 14.4 Å². The van der Waals surface area contributed by atoms with Gasteiger partial charge in [0.25, 0.3) is 11.8 Å². The molecule has 3 fully saturated rings. The van der Waals surface area contributed by atoms with Gasteiger partial charge in [-0.1, -0.05) is 18.2 Å². The van der Waals surface area contributed by atoms with E-state index in [1.165, 1.54) is 0 Å². The smallest absolute Gasteiger partial charge is 0.253 e. The highest BCUT2D eigenvalue weighted by atomic mass is 16.2. The van der Waals surface area contributed by atoms with Gasteiger partial charge in [-0.25, -0.2) is 0 Å². The number of nitrogens with one attached hydrogen (secondary N) is 1. The van der Waals surface area contributed by atoms with Crippen LogP contribution in [-0.4, -0.2) is 113 Å². The number of hydrogen-bond acceptors (Lipinski definition) is 6. The molecule has 3 amide bonds. The van der Waals surface area contributed by atoms with Gasteiger partial charge in [-0.15, -0.1) is 0 Å². The first-order valence-corrected chi connectivity index (χ1v) is 13.6. The number of hydrogen-bond donors (Lipinski definition) is 1. The van der Waals surface area contributed by atoms with Crippen molar-refractivity contribution >= 4 is 34.3 Å². The van der Waals surface area contributed by atoms with Crippen LogP contribution < -0.4 is 4.90 Å². The summed E-state index contributed by atoms with van der Waals surface area (Å²) in [6.07, 6.45) is 3.68. The number of H-pyrrole nitrogens is 1. The Morgan fingerprint density at radius 3 is 2.54 bits per heavy atom. The second-order valence-corrected chi connectivity index (χ2v) is 11.1. The van der Waals surface area contributed by atoms with E-state index < -0.39 is 5.54 Å². The second kappa shape index (κ2) is 10.00. The number of anilines is 1. The molecular formula is C29H35N7O3. The fourth-order valence-corrected chi connectivity index (χ4v) is 6.31. The summed E-state index contributed by atoms with van der Waals surface area (Å²) in [6, 6.07) is 15.8. The Hall–Kier alpha value is -3.92. The number of fused-ring (bicyclic) bond motifs is 1. The fraction of sp³-hybridized carbons (Fsp3) is 0.448. The number of likely N-dealkylation sites (tertiary alicyclic amines) is 2. The zero-order valence-corrected chi connectivity index (χ0v) is 22.5. The summed E-state index contributed by atoms with van der Waals surface area (Å²) in [7, 11) is 4.08. The molecule has 0 aliphatic carbocycles. The number of benzene rings is 2. The van der Waals surface area contributed by atoms with Crippen LogP contribution in [0.4, 0.5) is 5.69 Å². The normalized spacial score (nSPS) is 21.1. The Balaban J connectivity index is 1.19. The number of aromatic nitrogens is 2. The van der Waals surface area contributed by atoms with Gasteiger partial charge < -0.3 is 24.5 Å². The quantitative estimate of drug-likeness (QED) is 0.543. The van der Waals surface area contributed by atoms with Gasteiger partial charge in [-0.05, 0) is 63.7 Å². The minimum absolute atomic E-state index is 0.0000132. The minimum Gasteiger partial charge on any atom is -0.340 e. The zero-order valence-electron chi connectivity index (χ0n) is 22.5. The van der Waals surface area contributed by atoms with Gasteiger partial charge in [0, 0.05) is 48.9 Å². The number of likely N-dealkylation sites (N-methyl/N-ethyl adjacent to an activating group) is 1. The number of amides is 3. The summed E-state index contributed by atoms with van der Waals surface area (Å²) in [6.45, 7) is 2.80. The summed E-state index contributed by atoms with van der Waals surface area (Å²) in [5.74, 6) is -0.0591. The van der Waals surface area contributed by atoms with Crippen molar-refractivity contribution in [2.75, 3.05) is 58.4 Å². The monoisotopic (exact) mass is 529 g/mol. The van der Waals surface area contributed by atoms with Crippen molar-refractivity contribution in [3.05, 3.63) is 60.3 Å². The second-order valence-electron chi connectivity index (χ2n) is 11.1. The van der Waals surface area contributed by atoms with Gasteiger partial charge in [0.2, 0.25) is 5.91 Å². The molecule has 0 bridgehead atoms. The molecule has 3 aromatic rings. The van der Waals surface area contributed by atoms with Crippen LogP contribution >= 0.6 is 0 Å². The first-order chi connectivity index (χ1) is 18.9. The maximum Gasteiger partial charge on any atom is 0.253 e. The third-order valence-electron chi connectivity index (χ3n) is 8.72. The highest BCUT2D eigenvalue weighted by Crippen LogP contribution is 2.40. The molecule has 0 radical (unpaired) electrons. The molecule has 1 spiro atoms. The van der Waals surface area contributed by atoms with Gasteiger partial charge in [0.1, 0.15) is 12.1 Å². The Morgan fingerprint density at radius 2 is 1.82 bits per heavy atom. The Bertz CT molecular complexity index is 1380. The van der Waals surface area contributed by atoms with E-state index in [4.69, 9.17) is 0 Å². The summed E-state index contributed by atoms with van der Waals surface area (Å²) >= 11 is 0. The number of piperidine rings is 1. The van der Waals surface area contributed by atoms with E-state index in [1.54, 1.807) is 11.1 Å². The molecule has 10 heteroatoms. The van der Waals surface area contributed by atoms with Crippen LogP contribution in [0.1, 0.15) is 29.6 Å². The molecule has 3 saturated heterocycles. The van der Waals surface area contributed by atoms with Crippen LogP contribution in [0.25, 0.3) is 10.9 Å². The summed E-state index contributed by atoms with van der Waals surface area (Å²) in [4.78, 5) is 50.4. The van der Waals surface area contributed by atoms with E-state index in [-0.39, 0.29) is 24.3 Å². The highest BCUT2D eigenvalue weighted by molar-refractivity contribution is 5.99. The maximum atomic E-state index is 14.0. The number of aromatic amines is 1. The molecule has 1 unspecified atom stereocenters. The Labute approximate surface area is 228 Å². The molecule has 1 atom stereocenters. The standard InChI is InChI=1S/C29H35N7O3/c1-32(2)24-10-13-34(18-24)26(37)19-35-20-36(23-6-4-3-5-7-23)29(28(35)39)11-14-33(15-12-29)27(38)21-8-9-25-22(16-21)17-30-31-25/h3-9,16-17,24H,10-15,18-20H2,1-2H3,(H,30,31). The SMILES string of the molecule is CN(C)C1CCN(C(=O)CN2CN(c3ccccc3)C3(CCN(C(=O)c4ccc5[nH]ncc5c4)CC3)C2=O)C1. The number of carbonyl (C=O) groups is 3. The predicted molar refractivity (Wildman–Crippen MR) is 148 cm³/mol. The van der Waals surface area contributed by atoms with Crippen LogP contribution in [0.5, 0.6) is 0 Å². The maximum absolute atomic E-state index is 14.0. The largest absolute Gasteiger partial charge is 0.340 e. The van der Waals surface area contributed by atoms with E-state index in [1.807, 2.05) is 72.4 Å². The van der Waals surface area contributed by atoms with Crippen LogP contribution in [-0.2, 0) is 9.59 Å². The van der Waals surface area contributed by atoms with Crippen LogP contribution in [0.2, 0.25) is 0 Å². The lowest BCUT2D eigenvalue weighted by Gasteiger charge is -2.43. The number of para-hydroxylation sites is 1. The third kappa shape index (κ3) is 4.52. The van der Waals surface area contributed by atoms with Crippen LogP contribution in [0, 0.1) is 0 Å². The topological polar surface area (TPSA) is 96.1 Å². The van der Waals surface area contributed by atoms with Gasteiger partial charge >= 0.3 is 0 Å². The van der Waals surface area contributed by atoms with Crippen molar-refractivity contribution < 1.29 is 14.4 Å². The third-order valence-corrected chi connectivity index (χ3v) is 8.72. The average Bonchev–Trinajstić information content (AvgIpc) is 3.69. The Kier molecular flexibility index (Phi) is 6.50. The van der Waals surface area contributed by atoms with Gasteiger partial charge in [-0.3, -0.25) is 19.5 Å². The fourth-order valence-electron chi connectivity index (χ4n) is 6.31. The van der Waals surface area contributed by atoms with Crippen LogP contribution in [0.15, 0.2) is 54.7 Å². The Morgan fingerprint density at radius 1 is 1.05 bits per heavy atom. The van der Waals surface area contributed by atoms with Crippen molar-refractivity contribution in [3.63, 3.8) is 0 Å².